The third-order valence-corrected chi connectivity index (χ3v) is 27.2. The van der Waals surface area contributed by atoms with E-state index < -0.39 is 13.4 Å². The normalized spacial score (nSPS) is 14.7. The summed E-state index contributed by atoms with van der Waals surface area (Å²) in [5.41, 5.74) is 11.5. The number of halogens is 5. The number of rotatable bonds is 16. The molecule has 1 saturated heterocycles. The number of carboxylic acid groups (broad SMARTS) is 1. The number of aliphatic hydroxyl groups excluding tert-OH is 2. The molecule has 25 nitrogen and oxygen atoms in total. The van der Waals surface area contributed by atoms with Crippen molar-refractivity contribution in [2.45, 2.75) is 159 Å². The number of hydrogen-bond donors (Lipinski definition) is 10. The fourth-order valence-corrected chi connectivity index (χ4v) is 13.3. The highest BCUT2D eigenvalue weighted by Crippen LogP contribution is 2.42. The number of hydrogen-bond acceptors (Lipinski definition) is 20. The quantitative estimate of drug-likeness (QED) is 0.0186. The lowest BCUT2D eigenvalue weighted by molar-refractivity contribution is -0.112. The van der Waals surface area contributed by atoms with Crippen molar-refractivity contribution in [2.24, 2.45) is 5.92 Å². The highest BCUT2D eigenvalue weighted by Gasteiger charge is 2.34. The Morgan fingerprint density at radius 3 is 1.40 bits per heavy atom. The van der Waals surface area contributed by atoms with Crippen LogP contribution in [0.25, 0.3) is 43.6 Å². The zero-order valence-electron chi connectivity index (χ0n) is 66.5. The Morgan fingerprint density at radius 1 is 0.605 bits per heavy atom. The smallest absolute Gasteiger partial charge is 0.347 e. The molecule has 6 aromatic carbocycles. The summed E-state index contributed by atoms with van der Waals surface area (Å²) < 4.78 is 12.6. The number of aliphatic hydroxyl groups is 2. The number of likely N-dealkylation sites (N-methyl/N-ethyl adjacent to an activating group) is 2. The summed E-state index contributed by atoms with van der Waals surface area (Å²) in [6.07, 6.45) is 14.5. The van der Waals surface area contributed by atoms with Crippen molar-refractivity contribution in [3.8, 4) is 5.75 Å². The number of nitrogens with one attached hydrogen (secondary N) is 5. The zero-order chi connectivity index (χ0) is 81.6. The largest absolute Gasteiger partial charge is 0.496 e. The van der Waals surface area contributed by atoms with Crippen molar-refractivity contribution in [1.82, 2.24) is 51.7 Å². The fourth-order valence-electron chi connectivity index (χ4n) is 11.5. The molecule has 0 atom stereocenters. The molecule has 0 unspecified atom stereocenters. The predicted octanol–water partition coefficient (Wildman–Crippen LogP) is 16.1. The number of carboxylic acids is 1. The summed E-state index contributed by atoms with van der Waals surface area (Å²) in [7, 11) is 6.05. The first-order valence-electron chi connectivity index (χ1n) is 38.0. The van der Waals surface area contributed by atoms with Crippen LogP contribution in [0.5, 0.6) is 5.75 Å². The van der Waals surface area contributed by atoms with Crippen LogP contribution < -0.4 is 59.4 Å². The van der Waals surface area contributed by atoms with E-state index in [0.717, 1.165) is 150 Å². The lowest BCUT2D eigenvalue weighted by atomic mass is 9.90. The van der Waals surface area contributed by atoms with Crippen LogP contribution >= 0.6 is 70.5 Å². The number of nitrogens with zero attached hydrogens (tertiary/aromatic N) is 6. The highest BCUT2D eigenvalue weighted by atomic mass is 79.9. The first-order valence-corrected chi connectivity index (χ1v) is 44.8. The predicted molar refractivity (Wildman–Crippen MR) is 474 cm³/mol. The third kappa shape index (κ3) is 28.0. The van der Waals surface area contributed by atoms with Gasteiger partial charge in [0.05, 0.1) is 75.5 Å². The van der Waals surface area contributed by atoms with E-state index in [1.165, 1.54) is 18.4 Å². The molecular weight excluding hydrogens is 1710 g/mol. The summed E-state index contributed by atoms with van der Waals surface area (Å²) >= 11 is 21.0. The maximum atomic E-state index is 12.3. The van der Waals surface area contributed by atoms with Gasteiger partial charge in [-0.05, 0) is 246 Å². The second kappa shape index (κ2) is 45.1. The lowest BCUT2D eigenvalue weighted by Crippen LogP contribution is -2.29. The second-order valence-corrected chi connectivity index (χ2v) is 40.1. The van der Waals surface area contributed by atoms with E-state index in [1.807, 2.05) is 97.9 Å². The number of para-hydroxylation sites is 1. The molecule has 16 rings (SSSR count). The Bertz CT molecular complexity index is 4800. The van der Waals surface area contributed by atoms with Gasteiger partial charge >= 0.3 is 11.6 Å². The molecule has 6 fully saturated rings. The maximum absolute atomic E-state index is 12.3. The summed E-state index contributed by atoms with van der Waals surface area (Å²) in [6.45, 7) is 17.7. The van der Waals surface area contributed by atoms with Gasteiger partial charge in [-0.2, -0.15) is 11.1 Å². The Kier molecular flexibility index (Phi) is 37.6. The minimum atomic E-state index is -1.39. The summed E-state index contributed by atoms with van der Waals surface area (Å²) in [5.74, 6) is 5.74. The van der Waals surface area contributed by atoms with Crippen LogP contribution in [0.1, 0.15) is 180 Å². The van der Waals surface area contributed by atoms with Gasteiger partial charge in [-0.3, -0.25) is 19.2 Å². The average molecular weight is 1820 g/mol. The Morgan fingerprint density at radius 2 is 1.03 bits per heavy atom. The fraction of sp³-hybridized carbons (Fsp3) is 0.446. The van der Waals surface area contributed by atoms with Gasteiger partial charge in [0, 0.05) is 82.4 Å². The number of piperidine rings is 1. The van der Waals surface area contributed by atoms with E-state index in [1.54, 1.807) is 32.4 Å². The van der Waals surface area contributed by atoms with Crippen LogP contribution in [-0.2, 0) is 4.79 Å². The van der Waals surface area contributed by atoms with Crippen molar-refractivity contribution in [1.29, 1.82) is 0 Å². The van der Waals surface area contributed by atoms with Crippen molar-refractivity contribution < 1.29 is 39.5 Å². The standard InChI is InChI=1S/C15H19N3O.C14H17N3O2.C12H17NO.C11H9BrN2O.C11H8BrNO2.C7H6BrNO2.C6H15ClSi.C4H5ClO.C3H9NO.H3N.H2O/c1-3-9-18(2)12-6-4-5-11-13(12)15(19)17-14(16-11)10-7-8-10;1-17(7-8-18)11-4-2-3-10-12(11)14(19)16-13(15-10)9-5-6-9;1-14-12-5-3-2-4-11(12)10-6-8-13-9-7-10;12-7-2-1-3-8-9(7)11(15)14-10(13-8)6-4-5-6;12-7-2-1-3-8-9(7)11(14)15-10(13-8)6-4-5-6;8-4-2-1-3-5(9)6(4)7(10)11;1-6(2,3)8(4,5)7;5-4(6)3-1-2-3;1-4-2-3-5;;/h4-6,10H,3,7-9H2,1-2H3,(H,16,17,19);2-4,9,18H,5-8H2,1H3,(H,15,16,19);2-5,10,13H,6-9H2,1H3;1-3,6H,4-5H2,(H,13,14,15);1-3,6H,4-5H2;1-3H,9H2,(H,10,11);1-5H3;3H,1-2H2;4-5H,2-3H2,1H3;1H3;1H2. The first-order chi connectivity index (χ1) is 53.4. The van der Waals surface area contributed by atoms with E-state index in [2.05, 4.69) is 157 Å². The summed E-state index contributed by atoms with van der Waals surface area (Å²) in [6, 6.07) is 35.9. The highest BCUT2D eigenvalue weighted by molar-refractivity contribution is 9.11. The van der Waals surface area contributed by atoms with Gasteiger partial charge in [-0.1, -0.05) is 89.3 Å². The van der Waals surface area contributed by atoms with Gasteiger partial charge in [-0.25, -0.2) is 29.5 Å². The average Bonchev–Trinajstić information content (AvgIpc) is 0.943. The van der Waals surface area contributed by atoms with Gasteiger partial charge in [0.15, 0.2) is 7.38 Å². The minimum absolute atomic E-state index is 0. The Balaban J connectivity index is 0.000000204. The van der Waals surface area contributed by atoms with E-state index in [0.29, 0.717) is 85.1 Å². The van der Waals surface area contributed by atoms with Crippen LogP contribution in [0.3, 0.4) is 0 Å². The Hall–Kier alpha value is -7.78. The van der Waals surface area contributed by atoms with Crippen LogP contribution in [0, 0.1) is 5.92 Å². The number of H-pyrrole nitrogens is 3. The molecule has 10 aromatic rings. The number of fused-ring (bicyclic) bond motifs is 4. The molecule has 5 saturated carbocycles. The maximum Gasteiger partial charge on any atom is 0.347 e. The summed E-state index contributed by atoms with van der Waals surface area (Å²) in [4.78, 5) is 99.4. The number of carbonyl (C=O) groups is 2. The van der Waals surface area contributed by atoms with Crippen LogP contribution in [0.15, 0.2) is 152 Å². The molecule has 0 amide bonds. The van der Waals surface area contributed by atoms with Gasteiger partial charge in [0.25, 0.3) is 16.7 Å². The van der Waals surface area contributed by atoms with Gasteiger partial charge < -0.3 is 77.2 Å². The van der Waals surface area contributed by atoms with Crippen molar-refractivity contribution in [3.63, 3.8) is 0 Å². The molecule has 4 aromatic heterocycles. The van der Waals surface area contributed by atoms with Gasteiger partial charge in [-0.15, -0.1) is 0 Å². The van der Waals surface area contributed by atoms with Crippen molar-refractivity contribution in [2.75, 3.05) is 89.7 Å². The number of aromatic nitrogens is 7. The minimum Gasteiger partial charge on any atom is -0.496 e. The molecule has 15 N–H and O–H groups in total. The molecule has 114 heavy (non-hydrogen) atoms. The number of carbonyl (C=O) groups excluding carboxylic acids is 1. The van der Waals surface area contributed by atoms with Crippen LogP contribution in [-0.4, -0.2) is 148 Å². The number of nitrogen functional groups attached to an aromatic ring is 1. The number of aromatic amines is 3. The molecule has 6 aliphatic rings. The van der Waals surface area contributed by atoms with Gasteiger partial charge in [0.2, 0.25) is 11.1 Å². The molecule has 0 spiro atoms. The number of anilines is 3. The number of benzene rings is 6. The number of ether oxygens (including phenoxy) is 1. The van der Waals surface area contributed by atoms with Crippen molar-refractivity contribution >= 4 is 150 Å². The SMILES string of the molecule is CC(C)(C)[Si](C)(C)Cl.CCCN(C)c1cccc2nc(C3CC3)[nH]c(=O)c12.CN(CCO)c1cccc2nc(C3CC3)[nH]c(=O)c12.CNCCO.COc1ccccc1C1CCNCC1.N.Nc1cccc(Br)c1C(=O)O.O.O=C(Cl)C1CC1.O=c1[nH]c(C2CC2)nc2cccc(Br)c12.O=c1oc(C2CC2)nc2cccc(Br)c12. The number of aromatic carboxylic acids is 1. The summed E-state index contributed by atoms with van der Waals surface area (Å²) in [5, 5.41) is 34.5. The second-order valence-electron chi connectivity index (χ2n) is 29.9. The number of nitrogens with two attached hydrogens (primary N) is 1. The molecule has 618 valence electrons. The molecule has 31 heteroatoms. The van der Waals surface area contributed by atoms with E-state index in [-0.39, 0.29) is 69.6 Å². The molecule has 5 heterocycles. The van der Waals surface area contributed by atoms with E-state index in [9.17, 15) is 28.8 Å². The third-order valence-electron chi connectivity index (χ3n) is 19.6. The molecule has 0 bridgehead atoms. The van der Waals surface area contributed by atoms with Gasteiger partial charge in [0.1, 0.15) is 28.6 Å². The van der Waals surface area contributed by atoms with E-state index in [4.69, 9.17) is 52.9 Å². The Labute approximate surface area is 700 Å². The van der Waals surface area contributed by atoms with Crippen LogP contribution in [0.2, 0.25) is 18.1 Å². The first kappa shape index (κ1) is 95.1. The molecular formula is C83H110Br3Cl2N13O12Si. The zero-order valence-corrected chi connectivity index (χ0v) is 73.8. The lowest BCUT2D eigenvalue weighted by Gasteiger charge is -2.29. The number of methoxy groups -OCH3 is 1. The van der Waals surface area contributed by atoms with Crippen LogP contribution in [0.4, 0.5) is 17.1 Å². The van der Waals surface area contributed by atoms with E-state index >= 15 is 0 Å². The molecule has 1 aliphatic heterocycles. The molecule has 5 aliphatic carbocycles. The topological polar surface area (TPSA) is 407 Å². The molecule has 0 radical (unpaired) electrons. The van der Waals surface area contributed by atoms with Crippen molar-refractivity contribution in [3.05, 3.63) is 205 Å². The monoisotopic (exact) mass is 1820 g/mol.